The zero-order valence-electron chi connectivity index (χ0n) is 7.85. The monoisotopic (exact) mass is 212 g/mol. The molecule has 74 valence electrons. The van der Waals surface area contributed by atoms with Crippen molar-refractivity contribution in [1.29, 1.82) is 0 Å². The summed E-state index contributed by atoms with van der Waals surface area (Å²) in [4.78, 5) is 0. The van der Waals surface area contributed by atoms with Gasteiger partial charge in [-0.3, -0.25) is 0 Å². The Balaban J connectivity index is 3.48. The lowest BCUT2D eigenvalue weighted by atomic mass is 10.00. The van der Waals surface area contributed by atoms with Gasteiger partial charge < -0.3 is 4.74 Å². The molecule has 0 fully saturated rings. The molecule has 0 amide bonds. The van der Waals surface area contributed by atoms with Gasteiger partial charge in [-0.2, -0.15) is 0 Å². The Morgan fingerprint density at radius 3 is 1.92 bits per heavy atom. The number of halogens is 2. The van der Waals surface area contributed by atoms with Crippen LogP contribution in [0.2, 0.25) is 0 Å². The molecule has 0 aliphatic carbocycles. The van der Waals surface area contributed by atoms with E-state index in [0.29, 0.717) is 12.5 Å². The number of ether oxygens (including phenoxy) is 1. The van der Waals surface area contributed by atoms with Gasteiger partial charge in [0.2, 0.25) is 5.02 Å². The van der Waals surface area contributed by atoms with Crippen molar-refractivity contribution in [3.8, 4) is 0 Å². The average molecular weight is 213 g/mol. The highest BCUT2D eigenvalue weighted by atomic mass is 35.5. The molecule has 0 saturated heterocycles. The quantitative estimate of drug-likeness (QED) is 0.581. The van der Waals surface area contributed by atoms with E-state index in [1.165, 1.54) is 25.7 Å². The van der Waals surface area contributed by atoms with Crippen molar-refractivity contribution in [1.82, 2.24) is 0 Å². The van der Waals surface area contributed by atoms with Gasteiger partial charge in [-0.25, -0.2) is 0 Å². The molecule has 0 atom stereocenters. The maximum Gasteiger partial charge on any atom is 0.206 e. The van der Waals surface area contributed by atoms with Gasteiger partial charge in [0.25, 0.3) is 0 Å². The van der Waals surface area contributed by atoms with E-state index >= 15 is 0 Å². The van der Waals surface area contributed by atoms with Gasteiger partial charge in [-0.1, -0.05) is 49.9 Å². The Morgan fingerprint density at radius 2 is 1.58 bits per heavy atom. The molecule has 0 N–H and O–H groups in total. The van der Waals surface area contributed by atoms with Crippen LogP contribution in [0.1, 0.15) is 39.5 Å². The predicted octanol–water partition coefficient (Wildman–Crippen LogP) is 3.98. The van der Waals surface area contributed by atoms with Crippen molar-refractivity contribution in [2.45, 2.75) is 44.6 Å². The summed E-state index contributed by atoms with van der Waals surface area (Å²) in [6, 6.07) is 0. The lowest BCUT2D eigenvalue weighted by molar-refractivity contribution is 0.108. The van der Waals surface area contributed by atoms with Gasteiger partial charge in [0.1, 0.15) is 0 Å². The van der Waals surface area contributed by atoms with Crippen LogP contribution >= 0.6 is 23.2 Å². The number of rotatable bonds is 7. The standard InChI is InChI=1S/C9H18Cl2O/c1-3-5-8(6-4-2)7-12-9(10)11/h8-9H,3-7H2,1-2H3. The molecule has 0 aromatic carbocycles. The van der Waals surface area contributed by atoms with Crippen LogP contribution in [0, 0.1) is 5.92 Å². The molecule has 0 aromatic heterocycles. The van der Waals surface area contributed by atoms with Gasteiger partial charge in [-0.15, -0.1) is 0 Å². The van der Waals surface area contributed by atoms with Gasteiger partial charge in [-0.05, 0) is 18.8 Å². The van der Waals surface area contributed by atoms with Crippen LogP contribution in [0.4, 0.5) is 0 Å². The topological polar surface area (TPSA) is 9.23 Å². The lowest BCUT2D eigenvalue weighted by Gasteiger charge is -2.15. The van der Waals surface area contributed by atoms with Crippen molar-refractivity contribution >= 4 is 23.2 Å². The fourth-order valence-corrected chi connectivity index (χ4v) is 1.48. The van der Waals surface area contributed by atoms with E-state index in [1.807, 2.05) is 0 Å². The molecule has 0 unspecified atom stereocenters. The molecule has 0 aliphatic heterocycles. The van der Waals surface area contributed by atoms with E-state index in [-0.39, 0.29) is 0 Å². The highest BCUT2D eigenvalue weighted by Crippen LogP contribution is 2.16. The van der Waals surface area contributed by atoms with E-state index in [4.69, 9.17) is 27.9 Å². The molecule has 0 rings (SSSR count). The normalized spacial score (nSPS) is 11.5. The van der Waals surface area contributed by atoms with Gasteiger partial charge >= 0.3 is 0 Å². The Kier molecular flexibility index (Phi) is 8.52. The summed E-state index contributed by atoms with van der Waals surface area (Å²) < 4.78 is 5.14. The maximum absolute atomic E-state index is 5.47. The second-order valence-corrected chi connectivity index (χ2v) is 4.05. The lowest BCUT2D eigenvalue weighted by Crippen LogP contribution is -2.11. The summed E-state index contributed by atoms with van der Waals surface area (Å²) in [5, 5.41) is -0.666. The molecule has 0 spiro atoms. The van der Waals surface area contributed by atoms with Crippen LogP contribution in [-0.4, -0.2) is 11.6 Å². The second kappa shape index (κ2) is 8.15. The average Bonchev–Trinajstić information content (AvgIpc) is 2.01. The van der Waals surface area contributed by atoms with Crippen LogP contribution in [0.3, 0.4) is 0 Å². The SMILES string of the molecule is CCCC(CCC)COC(Cl)Cl. The first kappa shape index (κ1) is 12.5. The minimum Gasteiger partial charge on any atom is -0.349 e. The fourth-order valence-electron chi connectivity index (χ4n) is 1.34. The summed E-state index contributed by atoms with van der Waals surface area (Å²) in [5.41, 5.74) is 0. The summed E-state index contributed by atoms with van der Waals surface area (Å²) in [7, 11) is 0. The predicted molar refractivity (Wildman–Crippen MR) is 54.8 cm³/mol. The van der Waals surface area contributed by atoms with Crippen LogP contribution in [0.15, 0.2) is 0 Å². The van der Waals surface area contributed by atoms with Crippen molar-refractivity contribution < 1.29 is 4.74 Å². The Bertz CT molecular complexity index is 90.5. The molecule has 0 aliphatic rings. The van der Waals surface area contributed by atoms with Gasteiger partial charge in [0.15, 0.2) is 0 Å². The number of alkyl halides is 2. The number of hydrogen-bond donors (Lipinski definition) is 0. The molecule has 12 heavy (non-hydrogen) atoms. The van der Waals surface area contributed by atoms with E-state index in [1.54, 1.807) is 0 Å². The first-order valence-electron chi connectivity index (χ1n) is 4.60. The highest BCUT2D eigenvalue weighted by molar-refractivity contribution is 6.43. The van der Waals surface area contributed by atoms with Crippen LogP contribution < -0.4 is 0 Å². The Labute approximate surface area is 85.4 Å². The number of hydrogen-bond acceptors (Lipinski definition) is 1. The van der Waals surface area contributed by atoms with Crippen LogP contribution in [-0.2, 0) is 4.74 Å². The first-order valence-corrected chi connectivity index (χ1v) is 5.47. The smallest absolute Gasteiger partial charge is 0.206 e. The van der Waals surface area contributed by atoms with E-state index in [2.05, 4.69) is 13.8 Å². The van der Waals surface area contributed by atoms with E-state index in [0.717, 1.165) is 0 Å². The van der Waals surface area contributed by atoms with Gasteiger partial charge in [0, 0.05) is 0 Å². The zero-order chi connectivity index (χ0) is 9.40. The summed E-state index contributed by atoms with van der Waals surface area (Å²) in [6.45, 7) is 5.06. The maximum atomic E-state index is 5.47. The van der Waals surface area contributed by atoms with E-state index < -0.39 is 5.02 Å². The van der Waals surface area contributed by atoms with E-state index in [9.17, 15) is 0 Å². The third kappa shape index (κ3) is 7.20. The van der Waals surface area contributed by atoms with Crippen molar-refractivity contribution in [2.24, 2.45) is 5.92 Å². The van der Waals surface area contributed by atoms with Crippen LogP contribution in [0.25, 0.3) is 0 Å². The highest BCUT2D eigenvalue weighted by Gasteiger charge is 2.08. The molecule has 1 nitrogen and oxygen atoms in total. The summed E-state index contributed by atoms with van der Waals surface area (Å²) in [6.07, 6.45) is 4.80. The fraction of sp³-hybridized carbons (Fsp3) is 1.00. The molecule has 0 bridgehead atoms. The molecule has 0 aromatic rings. The molecular formula is C9H18Cl2O. The summed E-state index contributed by atoms with van der Waals surface area (Å²) >= 11 is 10.9. The van der Waals surface area contributed by atoms with Crippen LogP contribution in [0.5, 0.6) is 0 Å². The molecule has 3 heteroatoms. The zero-order valence-corrected chi connectivity index (χ0v) is 9.37. The second-order valence-electron chi connectivity index (χ2n) is 3.04. The van der Waals surface area contributed by atoms with Crippen molar-refractivity contribution in [3.05, 3.63) is 0 Å². The van der Waals surface area contributed by atoms with Gasteiger partial charge in [0.05, 0.1) is 6.61 Å². The largest absolute Gasteiger partial charge is 0.349 e. The molecule has 0 radical (unpaired) electrons. The minimum atomic E-state index is -0.666. The Hall–Kier alpha value is 0.540. The molecule has 0 heterocycles. The minimum absolute atomic E-state index is 0.625. The summed E-state index contributed by atoms with van der Waals surface area (Å²) in [5.74, 6) is 0.625. The first-order chi connectivity index (χ1) is 5.70. The van der Waals surface area contributed by atoms with Crippen molar-refractivity contribution in [2.75, 3.05) is 6.61 Å². The molecular weight excluding hydrogens is 195 g/mol. The molecule has 0 saturated carbocycles. The van der Waals surface area contributed by atoms with Crippen molar-refractivity contribution in [3.63, 3.8) is 0 Å². The Morgan fingerprint density at radius 1 is 1.08 bits per heavy atom. The third-order valence-electron chi connectivity index (χ3n) is 1.85. The third-order valence-corrected chi connectivity index (χ3v) is 2.10.